The van der Waals surface area contributed by atoms with Gasteiger partial charge in [-0.1, -0.05) is 18.2 Å². The minimum Gasteiger partial charge on any atom is -0.467 e. The molecule has 0 heterocycles. The van der Waals surface area contributed by atoms with Crippen LogP contribution in [0, 0.1) is 17.1 Å². The van der Waals surface area contributed by atoms with Crippen molar-refractivity contribution in [2.45, 2.75) is 38.3 Å². The lowest BCUT2D eigenvalue weighted by Gasteiger charge is -2.21. The number of nitriles is 1. The van der Waals surface area contributed by atoms with E-state index < -0.39 is 35.7 Å². The zero-order valence-corrected chi connectivity index (χ0v) is 14.0. The van der Waals surface area contributed by atoms with E-state index in [2.05, 4.69) is 15.4 Å². The number of amides is 2. The number of nitrogens with one attached hydrogen (secondary N) is 2. The highest BCUT2D eigenvalue weighted by Gasteiger charge is 2.27. The largest absolute Gasteiger partial charge is 0.467 e. The van der Waals surface area contributed by atoms with Gasteiger partial charge in [0.2, 0.25) is 11.8 Å². The molecule has 1 aromatic carbocycles. The predicted molar refractivity (Wildman–Crippen MR) is 86.5 cm³/mol. The highest BCUT2D eigenvalue weighted by molar-refractivity contribution is 5.90. The van der Waals surface area contributed by atoms with Crippen LogP contribution in [0.3, 0.4) is 0 Å². The maximum Gasteiger partial charge on any atom is 0.328 e. The summed E-state index contributed by atoms with van der Waals surface area (Å²) in [5.74, 6) is -2.33. The molecule has 0 aliphatic heterocycles. The third-order valence-electron chi connectivity index (χ3n) is 3.42. The zero-order valence-electron chi connectivity index (χ0n) is 14.0. The molecule has 0 spiro atoms. The molecule has 7 nitrogen and oxygen atoms in total. The maximum absolute atomic E-state index is 13.8. The number of nitrogens with zero attached hydrogens (tertiary/aromatic N) is 1. The van der Waals surface area contributed by atoms with E-state index in [0.29, 0.717) is 0 Å². The van der Waals surface area contributed by atoms with E-state index in [4.69, 9.17) is 5.26 Å². The van der Waals surface area contributed by atoms with Crippen molar-refractivity contribution in [2.24, 2.45) is 0 Å². The summed E-state index contributed by atoms with van der Waals surface area (Å²) < 4.78 is 18.4. The lowest BCUT2D eigenvalue weighted by molar-refractivity contribution is -0.145. The summed E-state index contributed by atoms with van der Waals surface area (Å²) in [6.07, 6.45) is 0.0315. The first-order valence-corrected chi connectivity index (χ1v) is 7.64. The van der Waals surface area contributed by atoms with Crippen LogP contribution < -0.4 is 10.6 Å². The number of rotatable bonds is 8. The van der Waals surface area contributed by atoms with E-state index in [-0.39, 0.29) is 24.8 Å². The molecule has 2 atom stereocenters. The van der Waals surface area contributed by atoms with Gasteiger partial charge in [0.25, 0.3) is 0 Å². The van der Waals surface area contributed by atoms with Gasteiger partial charge in [-0.15, -0.1) is 0 Å². The molecular weight excluding hydrogens is 329 g/mol. The van der Waals surface area contributed by atoms with Gasteiger partial charge in [0.1, 0.15) is 17.9 Å². The van der Waals surface area contributed by atoms with Gasteiger partial charge in [-0.25, -0.2) is 9.18 Å². The maximum atomic E-state index is 13.8. The summed E-state index contributed by atoms with van der Waals surface area (Å²) in [7, 11) is 1.17. The van der Waals surface area contributed by atoms with Crippen LogP contribution in [0.2, 0.25) is 0 Å². The van der Waals surface area contributed by atoms with Crippen LogP contribution in [0.5, 0.6) is 0 Å². The number of halogens is 1. The smallest absolute Gasteiger partial charge is 0.328 e. The Hall–Kier alpha value is -2.95. The molecular formula is C17H20FN3O4. The van der Waals surface area contributed by atoms with Crippen LogP contribution in [0.15, 0.2) is 24.3 Å². The molecule has 0 radical (unpaired) electrons. The van der Waals surface area contributed by atoms with Crippen molar-refractivity contribution in [2.75, 3.05) is 7.11 Å². The molecule has 134 valence electrons. The molecule has 0 bridgehead atoms. The van der Waals surface area contributed by atoms with E-state index in [1.54, 1.807) is 6.07 Å². The molecule has 1 rings (SSSR count). The van der Waals surface area contributed by atoms with E-state index in [1.165, 1.54) is 32.2 Å². The lowest BCUT2D eigenvalue weighted by Crippen LogP contribution is -2.52. The molecule has 25 heavy (non-hydrogen) atoms. The second-order valence-corrected chi connectivity index (χ2v) is 5.33. The van der Waals surface area contributed by atoms with Crippen molar-refractivity contribution < 1.29 is 23.5 Å². The number of hydrogen-bond acceptors (Lipinski definition) is 5. The van der Waals surface area contributed by atoms with Crippen LogP contribution in [0.4, 0.5) is 4.39 Å². The monoisotopic (exact) mass is 349 g/mol. The number of carbonyl (C=O) groups excluding carboxylic acids is 3. The average molecular weight is 349 g/mol. The summed E-state index contributed by atoms with van der Waals surface area (Å²) in [4.78, 5) is 35.5. The van der Waals surface area contributed by atoms with Crippen LogP contribution >= 0.6 is 0 Å². The van der Waals surface area contributed by atoms with Crippen molar-refractivity contribution in [1.82, 2.24) is 10.6 Å². The third-order valence-corrected chi connectivity index (χ3v) is 3.42. The van der Waals surface area contributed by atoms with Crippen LogP contribution in [0.1, 0.15) is 25.3 Å². The normalized spacial score (nSPS) is 12.4. The number of ether oxygens (including phenoxy) is 1. The summed E-state index contributed by atoms with van der Waals surface area (Å²) in [6.45, 7) is 1.23. The number of carbonyl (C=O) groups is 3. The highest BCUT2D eigenvalue weighted by Crippen LogP contribution is 2.10. The second-order valence-electron chi connectivity index (χ2n) is 5.33. The van der Waals surface area contributed by atoms with Crippen LogP contribution in [-0.4, -0.2) is 37.0 Å². The van der Waals surface area contributed by atoms with Gasteiger partial charge in [-0.3, -0.25) is 9.59 Å². The number of methoxy groups -OCH3 is 1. The van der Waals surface area contributed by atoms with Gasteiger partial charge >= 0.3 is 5.97 Å². The van der Waals surface area contributed by atoms with Gasteiger partial charge < -0.3 is 15.4 Å². The zero-order chi connectivity index (χ0) is 18.8. The molecule has 0 saturated carbocycles. The first kappa shape index (κ1) is 20.1. The fourth-order valence-electron chi connectivity index (χ4n) is 2.21. The van der Waals surface area contributed by atoms with Crippen LogP contribution in [0.25, 0.3) is 0 Å². The number of benzene rings is 1. The molecule has 0 aliphatic rings. The minimum atomic E-state index is -1.07. The molecule has 0 aliphatic carbocycles. The first-order chi connectivity index (χ1) is 11.9. The number of hydrogen-bond donors (Lipinski definition) is 2. The Labute approximate surface area is 145 Å². The summed E-state index contributed by atoms with van der Waals surface area (Å²) >= 11 is 0. The van der Waals surface area contributed by atoms with E-state index in [9.17, 15) is 18.8 Å². The Bertz CT molecular complexity index is 672. The second kappa shape index (κ2) is 10.0. The van der Waals surface area contributed by atoms with Crippen molar-refractivity contribution in [3.8, 4) is 6.07 Å². The van der Waals surface area contributed by atoms with E-state index in [0.717, 1.165) is 0 Å². The fourth-order valence-corrected chi connectivity index (χ4v) is 2.21. The summed E-state index contributed by atoms with van der Waals surface area (Å²) in [5, 5.41) is 13.5. The Morgan fingerprint density at radius 2 is 1.92 bits per heavy atom. The molecule has 8 heteroatoms. The van der Waals surface area contributed by atoms with Crippen molar-refractivity contribution >= 4 is 17.8 Å². The molecule has 0 unspecified atom stereocenters. The van der Waals surface area contributed by atoms with Crippen molar-refractivity contribution in [3.05, 3.63) is 35.6 Å². The standard InChI is InChI=1S/C17H20FN3O4/c1-11(22)20-15(10-12-6-3-4-7-13(12)18)16(23)21-14(8-5-9-19)17(24)25-2/h3-4,6-7,14-15H,5,8,10H2,1-2H3,(H,20,22)(H,21,23)/t14-,15+/m0/s1. The predicted octanol–water partition coefficient (Wildman–Crippen LogP) is 0.834. The summed E-state index contributed by atoms with van der Waals surface area (Å²) in [5.41, 5.74) is 0.253. The number of esters is 1. The SMILES string of the molecule is COC(=O)[C@H](CCC#N)NC(=O)[C@@H](Cc1ccccc1F)NC(C)=O. The molecule has 0 saturated heterocycles. The van der Waals surface area contributed by atoms with Gasteiger partial charge in [0, 0.05) is 19.8 Å². The summed E-state index contributed by atoms with van der Waals surface area (Å²) in [6, 6.07) is 5.68. The highest BCUT2D eigenvalue weighted by atomic mass is 19.1. The Morgan fingerprint density at radius 3 is 2.48 bits per heavy atom. The van der Waals surface area contributed by atoms with Gasteiger partial charge in [0.05, 0.1) is 13.2 Å². The van der Waals surface area contributed by atoms with Crippen molar-refractivity contribution in [3.63, 3.8) is 0 Å². The van der Waals surface area contributed by atoms with Crippen LogP contribution in [-0.2, 0) is 25.5 Å². The van der Waals surface area contributed by atoms with Gasteiger partial charge in [0.15, 0.2) is 0 Å². The topological polar surface area (TPSA) is 108 Å². The quantitative estimate of drug-likeness (QED) is 0.676. The Kier molecular flexibility index (Phi) is 8.06. The van der Waals surface area contributed by atoms with Crippen molar-refractivity contribution in [1.29, 1.82) is 5.26 Å². The average Bonchev–Trinajstić information content (AvgIpc) is 2.58. The lowest BCUT2D eigenvalue weighted by atomic mass is 10.0. The van der Waals surface area contributed by atoms with Gasteiger partial charge in [-0.2, -0.15) is 5.26 Å². The minimum absolute atomic E-state index is 0.0398. The fraction of sp³-hybridized carbons (Fsp3) is 0.412. The first-order valence-electron chi connectivity index (χ1n) is 7.64. The molecule has 0 fully saturated rings. The Morgan fingerprint density at radius 1 is 1.24 bits per heavy atom. The molecule has 1 aromatic rings. The molecule has 2 N–H and O–H groups in total. The molecule has 0 aromatic heterocycles. The Balaban J connectivity index is 2.91. The van der Waals surface area contributed by atoms with Gasteiger partial charge in [-0.05, 0) is 18.1 Å². The van der Waals surface area contributed by atoms with E-state index in [1.807, 2.05) is 6.07 Å². The molecule has 2 amide bonds. The third kappa shape index (κ3) is 6.59. The van der Waals surface area contributed by atoms with E-state index >= 15 is 0 Å².